The van der Waals surface area contributed by atoms with Crippen molar-refractivity contribution in [3.05, 3.63) is 56.2 Å². The van der Waals surface area contributed by atoms with E-state index in [4.69, 9.17) is 11.6 Å². The molecule has 1 N–H and O–H groups in total. The largest absolute Gasteiger partial charge is 0.379 e. The average Bonchev–Trinajstić information content (AvgIpc) is 2.32. The van der Waals surface area contributed by atoms with Crippen molar-refractivity contribution < 1.29 is 0 Å². The summed E-state index contributed by atoms with van der Waals surface area (Å²) >= 11 is 12.9. The van der Waals surface area contributed by atoms with Crippen molar-refractivity contribution >= 4 is 49.1 Å². The summed E-state index contributed by atoms with van der Waals surface area (Å²) in [6, 6.07) is 9.64. The lowest BCUT2D eigenvalue weighted by Crippen LogP contribution is -2.01. The third-order valence-corrected chi connectivity index (χ3v) is 3.73. The Labute approximate surface area is 122 Å². The Morgan fingerprint density at radius 1 is 1.24 bits per heavy atom. The molecule has 1 aromatic carbocycles. The SMILES string of the molecule is Clc1ccc(Br)cc1CNc1cccnc1Br. The van der Waals surface area contributed by atoms with Crippen LogP contribution in [0.5, 0.6) is 0 Å². The number of anilines is 1. The fourth-order valence-electron chi connectivity index (χ4n) is 1.39. The Balaban J connectivity index is 2.12. The smallest absolute Gasteiger partial charge is 0.129 e. The maximum Gasteiger partial charge on any atom is 0.129 e. The summed E-state index contributed by atoms with van der Waals surface area (Å²) in [6.45, 7) is 0.655. The van der Waals surface area contributed by atoms with E-state index in [-0.39, 0.29) is 0 Å². The molecule has 0 amide bonds. The van der Waals surface area contributed by atoms with Crippen LogP contribution >= 0.6 is 43.5 Å². The number of aromatic nitrogens is 1. The van der Waals surface area contributed by atoms with Crippen molar-refractivity contribution in [1.29, 1.82) is 0 Å². The highest BCUT2D eigenvalue weighted by Gasteiger charge is 2.03. The lowest BCUT2D eigenvalue weighted by atomic mass is 10.2. The van der Waals surface area contributed by atoms with Gasteiger partial charge >= 0.3 is 0 Å². The van der Waals surface area contributed by atoms with Gasteiger partial charge in [0.1, 0.15) is 4.60 Å². The van der Waals surface area contributed by atoms with E-state index in [1.165, 1.54) is 0 Å². The van der Waals surface area contributed by atoms with Gasteiger partial charge in [0, 0.05) is 22.2 Å². The van der Waals surface area contributed by atoms with E-state index < -0.39 is 0 Å². The van der Waals surface area contributed by atoms with Gasteiger partial charge in [-0.05, 0) is 51.8 Å². The molecule has 2 aromatic rings. The molecule has 0 aliphatic rings. The molecule has 0 unspecified atom stereocenters. The Bertz CT molecular complexity index is 532. The number of benzene rings is 1. The predicted octanol–water partition coefficient (Wildman–Crippen LogP) is 4.87. The summed E-state index contributed by atoms with van der Waals surface area (Å²) < 4.78 is 1.81. The number of hydrogen-bond acceptors (Lipinski definition) is 2. The molecule has 1 heterocycles. The van der Waals surface area contributed by atoms with Crippen LogP contribution in [0.2, 0.25) is 5.02 Å². The molecule has 0 atom stereocenters. The quantitative estimate of drug-likeness (QED) is 0.773. The van der Waals surface area contributed by atoms with Crippen LogP contribution in [-0.4, -0.2) is 4.98 Å². The van der Waals surface area contributed by atoms with Gasteiger partial charge < -0.3 is 5.32 Å². The number of rotatable bonds is 3. The van der Waals surface area contributed by atoms with Gasteiger partial charge in [-0.1, -0.05) is 27.5 Å². The summed E-state index contributed by atoms with van der Waals surface area (Å²) in [5, 5.41) is 4.03. The molecular formula is C12H9Br2ClN2. The third kappa shape index (κ3) is 3.44. The maximum absolute atomic E-state index is 6.11. The van der Waals surface area contributed by atoms with Crippen LogP contribution in [0.3, 0.4) is 0 Å². The predicted molar refractivity (Wildman–Crippen MR) is 78.4 cm³/mol. The summed E-state index contributed by atoms with van der Waals surface area (Å²) in [5.74, 6) is 0. The number of nitrogens with one attached hydrogen (secondary N) is 1. The maximum atomic E-state index is 6.11. The Hall–Kier alpha value is -0.580. The van der Waals surface area contributed by atoms with Crippen LogP contribution in [0.15, 0.2) is 45.6 Å². The Morgan fingerprint density at radius 3 is 2.82 bits per heavy atom. The number of hydrogen-bond donors (Lipinski definition) is 1. The van der Waals surface area contributed by atoms with Crippen molar-refractivity contribution in [2.75, 3.05) is 5.32 Å². The van der Waals surface area contributed by atoms with Gasteiger partial charge in [-0.3, -0.25) is 0 Å². The van der Waals surface area contributed by atoms with Gasteiger partial charge in [-0.25, -0.2) is 4.98 Å². The molecule has 5 heteroatoms. The molecule has 0 spiro atoms. The minimum absolute atomic E-state index is 0.655. The third-order valence-electron chi connectivity index (χ3n) is 2.24. The molecule has 0 saturated carbocycles. The summed E-state index contributed by atoms with van der Waals surface area (Å²) in [7, 11) is 0. The molecule has 0 aliphatic heterocycles. The van der Waals surface area contributed by atoms with E-state index in [0.717, 1.165) is 25.3 Å². The van der Waals surface area contributed by atoms with E-state index in [1.807, 2.05) is 30.3 Å². The minimum Gasteiger partial charge on any atom is -0.379 e. The molecule has 0 saturated heterocycles. The first-order valence-electron chi connectivity index (χ1n) is 4.95. The van der Waals surface area contributed by atoms with Crippen LogP contribution in [0.4, 0.5) is 5.69 Å². The second-order valence-electron chi connectivity index (χ2n) is 3.43. The summed E-state index contributed by atoms with van der Waals surface area (Å²) in [6.07, 6.45) is 1.74. The molecule has 0 aliphatic carbocycles. The highest BCUT2D eigenvalue weighted by molar-refractivity contribution is 9.10. The molecular weight excluding hydrogens is 367 g/mol. The number of pyridine rings is 1. The summed E-state index contributed by atoms with van der Waals surface area (Å²) in [4.78, 5) is 4.14. The lowest BCUT2D eigenvalue weighted by Gasteiger charge is -2.09. The lowest BCUT2D eigenvalue weighted by molar-refractivity contribution is 1.12. The van der Waals surface area contributed by atoms with E-state index in [0.29, 0.717) is 6.54 Å². The van der Waals surface area contributed by atoms with Crippen LogP contribution in [-0.2, 0) is 6.54 Å². The standard InChI is InChI=1S/C12H9Br2ClN2/c13-9-3-4-10(15)8(6-9)7-17-11-2-1-5-16-12(11)14/h1-6,17H,7H2. The molecule has 17 heavy (non-hydrogen) atoms. The van der Waals surface area contributed by atoms with Crippen molar-refractivity contribution in [2.24, 2.45) is 0 Å². The first-order chi connectivity index (χ1) is 8.16. The second kappa shape index (κ2) is 5.85. The van der Waals surface area contributed by atoms with Gasteiger partial charge in [0.15, 0.2) is 0 Å². The fraction of sp³-hybridized carbons (Fsp3) is 0.0833. The molecule has 2 nitrogen and oxygen atoms in total. The van der Waals surface area contributed by atoms with Crippen LogP contribution in [0, 0.1) is 0 Å². The highest BCUT2D eigenvalue weighted by Crippen LogP contribution is 2.24. The zero-order chi connectivity index (χ0) is 12.3. The van der Waals surface area contributed by atoms with E-state index in [2.05, 4.69) is 42.2 Å². The van der Waals surface area contributed by atoms with E-state index >= 15 is 0 Å². The van der Waals surface area contributed by atoms with Crippen molar-refractivity contribution in [3.63, 3.8) is 0 Å². The fourth-order valence-corrected chi connectivity index (χ4v) is 2.37. The molecule has 2 rings (SSSR count). The number of nitrogens with zero attached hydrogens (tertiary/aromatic N) is 1. The Morgan fingerprint density at radius 2 is 2.06 bits per heavy atom. The van der Waals surface area contributed by atoms with E-state index in [1.54, 1.807) is 6.20 Å². The van der Waals surface area contributed by atoms with E-state index in [9.17, 15) is 0 Å². The van der Waals surface area contributed by atoms with Crippen molar-refractivity contribution in [1.82, 2.24) is 4.98 Å². The van der Waals surface area contributed by atoms with Crippen LogP contribution in [0.25, 0.3) is 0 Å². The van der Waals surface area contributed by atoms with Gasteiger partial charge in [-0.2, -0.15) is 0 Å². The zero-order valence-electron chi connectivity index (χ0n) is 8.75. The van der Waals surface area contributed by atoms with Crippen molar-refractivity contribution in [3.8, 4) is 0 Å². The Kier molecular flexibility index (Phi) is 4.42. The van der Waals surface area contributed by atoms with Gasteiger partial charge in [0.2, 0.25) is 0 Å². The first-order valence-corrected chi connectivity index (χ1v) is 6.91. The molecule has 0 fully saturated rings. The average molecular weight is 376 g/mol. The normalized spacial score (nSPS) is 10.3. The van der Waals surface area contributed by atoms with Gasteiger partial charge in [-0.15, -0.1) is 0 Å². The monoisotopic (exact) mass is 374 g/mol. The van der Waals surface area contributed by atoms with Crippen molar-refractivity contribution in [2.45, 2.75) is 6.54 Å². The molecule has 1 aromatic heterocycles. The minimum atomic E-state index is 0.655. The first kappa shape index (κ1) is 12.9. The van der Waals surface area contributed by atoms with Gasteiger partial charge in [0.05, 0.1) is 5.69 Å². The van der Waals surface area contributed by atoms with Crippen LogP contribution < -0.4 is 5.32 Å². The second-order valence-corrected chi connectivity index (χ2v) is 5.51. The number of halogens is 3. The highest BCUT2D eigenvalue weighted by atomic mass is 79.9. The topological polar surface area (TPSA) is 24.9 Å². The van der Waals surface area contributed by atoms with Gasteiger partial charge in [0.25, 0.3) is 0 Å². The van der Waals surface area contributed by atoms with Crippen LogP contribution in [0.1, 0.15) is 5.56 Å². The zero-order valence-corrected chi connectivity index (χ0v) is 12.7. The summed E-state index contributed by atoms with van der Waals surface area (Å²) in [5.41, 5.74) is 1.99. The molecule has 0 bridgehead atoms. The molecule has 88 valence electrons. The molecule has 0 radical (unpaired) electrons.